The van der Waals surface area contributed by atoms with E-state index in [1.807, 2.05) is 0 Å². The van der Waals surface area contributed by atoms with E-state index < -0.39 is 11.7 Å². The smallest absolute Gasteiger partial charge is 0.336 e. The number of amides is 1. The van der Waals surface area contributed by atoms with Crippen LogP contribution in [0.25, 0.3) is 11.0 Å². The fourth-order valence-electron chi connectivity index (χ4n) is 2.68. The van der Waals surface area contributed by atoms with Gasteiger partial charge in [-0.3, -0.25) is 9.69 Å². The van der Waals surface area contributed by atoms with Gasteiger partial charge in [-0.05, 0) is 25.1 Å². The highest BCUT2D eigenvalue weighted by atomic mass is 16.5. The maximum Gasteiger partial charge on any atom is 0.336 e. The molecule has 0 radical (unpaired) electrons. The Morgan fingerprint density at radius 2 is 2.04 bits per heavy atom. The lowest BCUT2D eigenvalue weighted by atomic mass is 10.2. The van der Waals surface area contributed by atoms with Gasteiger partial charge in [0.05, 0.1) is 13.2 Å². The Balaban J connectivity index is 1.51. The van der Waals surface area contributed by atoms with Gasteiger partial charge < -0.3 is 19.2 Å². The fourth-order valence-corrected chi connectivity index (χ4v) is 2.68. The maximum absolute atomic E-state index is 12.2. The number of rotatable bonds is 6. The predicted molar refractivity (Wildman–Crippen MR) is 92.8 cm³/mol. The number of carbonyl (C=O) groups is 1. The molecular formula is C18H22N2O5. The molecule has 1 saturated heterocycles. The van der Waals surface area contributed by atoms with E-state index in [-0.39, 0.29) is 5.91 Å². The van der Waals surface area contributed by atoms with Crippen molar-refractivity contribution in [3.8, 4) is 5.75 Å². The molecule has 0 aliphatic carbocycles. The van der Waals surface area contributed by atoms with Crippen molar-refractivity contribution in [3.63, 3.8) is 0 Å². The molecule has 1 N–H and O–H groups in total. The SMILES string of the molecule is C[C@@H](Oc1ccc2ccc(=O)oc2c1)C(=O)NCCN1CCOCC1. The predicted octanol–water partition coefficient (Wildman–Crippen LogP) is 1.01. The molecule has 134 valence electrons. The Labute approximate surface area is 145 Å². The first kappa shape index (κ1) is 17.4. The zero-order valence-corrected chi connectivity index (χ0v) is 14.2. The Bertz CT molecular complexity index is 782. The normalized spacial score (nSPS) is 16.5. The van der Waals surface area contributed by atoms with Crippen LogP contribution in [0.1, 0.15) is 6.92 Å². The Morgan fingerprint density at radius 3 is 2.84 bits per heavy atom. The van der Waals surface area contributed by atoms with E-state index in [1.54, 1.807) is 31.2 Å². The summed E-state index contributed by atoms with van der Waals surface area (Å²) in [4.78, 5) is 25.7. The van der Waals surface area contributed by atoms with Crippen molar-refractivity contribution in [3.05, 3.63) is 40.8 Å². The van der Waals surface area contributed by atoms with Gasteiger partial charge in [0.2, 0.25) is 0 Å². The molecule has 1 aromatic heterocycles. The molecule has 1 atom stereocenters. The number of morpholine rings is 1. The lowest BCUT2D eigenvalue weighted by Crippen LogP contribution is -2.43. The van der Waals surface area contributed by atoms with Crippen LogP contribution in [0.2, 0.25) is 0 Å². The van der Waals surface area contributed by atoms with E-state index in [0.717, 1.165) is 38.2 Å². The maximum atomic E-state index is 12.2. The number of fused-ring (bicyclic) bond motifs is 1. The third kappa shape index (κ3) is 4.80. The van der Waals surface area contributed by atoms with E-state index in [0.29, 0.717) is 17.9 Å². The second kappa shape index (κ2) is 8.13. The number of hydrogen-bond donors (Lipinski definition) is 1. The van der Waals surface area contributed by atoms with Crippen molar-refractivity contribution in [2.45, 2.75) is 13.0 Å². The second-order valence-corrected chi connectivity index (χ2v) is 5.96. The van der Waals surface area contributed by atoms with Crippen LogP contribution in [0.4, 0.5) is 0 Å². The summed E-state index contributed by atoms with van der Waals surface area (Å²) in [6.07, 6.45) is -0.641. The number of hydrogen-bond acceptors (Lipinski definition) is 6. The molecule has 7 nitrogen and oxygen atoms in total. The summed E-state index contributed by atoms with van der Waals surface area (Å²) in [6.45, 7) is 6.32. The van der Waals surface area contributed by atoms with Crippen molar-refractivity contribution >= 4 is 16.9 Å². The largest absolute Gasteiger partial charge is 0.481 e. The van der Waals surface area contributed by atoms with Crippen LogP contribution in [0, 0.1) is 0 Å². The lowest BCUT2D eigenvalue weighted by Gasteiger charge is -2.26. The van der Waals surface area contributed by atoms with Crippen molar-refractivity contribution < 1.29 is 18.7 Å². The van der Waals surface area contributed by atoms with Gasteiger partial charge in [0.15, 0.2) is 6.10 Å². The molecule has 1 amide bonds. The van der Waals surface area contributed by atoms with Crippen LogP contribution in [0.5, 0.6) is 5.75 Å². The van der Waals surface area contributed by atoms with Gasteiger partial charge >= 0.3 is 5.63 Å². The highest BCUT2D eigenvalue weighted by Gasteiger charge is 2.16. The highest BCUT2D eigenvalue weighted by Crippen LogP contribution is 2.20. The van der Waals surface area contributed by atoms with Crippen LogP contribution in [0.15, 0.2) is 39.5 Å². The number of nitrogens with zero attached hydrogens (tertiary/aromatic N) is 1. The summed E-state index contributed by atoms with van der Waals surface area (Å²) in [5.41, 5.74) is 0.0171. The van der Waals surface area contributed by atoms with E-state index in [2.05, 4.69) is 10.2 Å². The van der Waals surface area contributed by atoms with E-state index in [9.17, 15) is 9.59 Å². The first-order valence-corrected chi connectivity index (χ1v) is 8.40. The molecule has 25 heavy (non-hydrogen) atoms. The molecule has 1 aromatic carbocycles. The quantitative estimate of drug-likeness (QED) is 0.786. The average Bonchev–Trinajstić information content (AvgIpc) is 2.62. The molecule has 0 saturated carbocycles. The van der Waals surface area contributed by atoms with Gasteiger partial charge in [-0.2, -0.15) is 0 Å². The van der Waals surface area contributed by atoms with Gasteiger partial charge in [-0.25, -0.2) is 4.79 Å². The Kier molecular flexibility index (Phi) is 5.67. The summed E-state index contributed by atoms with van der Waals surface area (Å²) in [5, 5.41) is 3.68. The molecule has 1 aliphatic rings. The van der Waals surface area contributed by atoms with Gasteiger partial charge in [-0.15, -0.1) is 0 Å². The van der Waals surface area contributed by atoms with Crippen LogP contribution >= 0.6 is 0 Å². The first-order valence-electron chi connectivity index (χ1n) is 8.40. The standard InChI is InChI=1S/C18H22N2O5/c1-13(18(22)19-6-7-20-8-10-23-11-9-20)24-15-4-2-14-3-5-17(21)25-16(14)12-15/h2-5,12-13H,6-11H2,1H3,(H,19,22)/t13-/m1/s1. The number of carbonyl (C=O) groups excluding carboxylic acids is 1. The zero-order valence-electron chi connectivity index (χ0n) is 14.2. The third-order valence-corrected chi connectivity index (χ3v) is 4.11. The molecule has 3 rings (SSSR count). The number of benzene rings is 1. The van der Waals surface area contributed by atoms with Crippen molar-refractivity contribution in [2.24, 2.45) is 0 Å². The average molecular weight is 346 g/mol. The van der Waals surface area contributed by atoms with Crippen LogP contribution < -0.4 is 15.7 Å². The van der Waals surface area contributed by atoms with Crippen LogP contribution in [0.3, 0.4) is 0 Å². The lowest BCUT2D eigenvalue weighted by molar-refractivity contribution is -0.127. The summed E-state index contributed by atoms with van der Waals surface area (Å²) >= 11 is 0. The van der Waals surface area contributed by atoms with Gasteiger partial charge in [0.25, 0.3) is 5.91 Å². The summed E-state index contributed by atoms with van der Waals surface area (Å²) in [5.74, 6) is 0.306. The topological polar surface area (TPSA) is 81.0 Å². The molecular weight excluding hydrogens is 324 g/mol. The zero-order chi connectivity index (χ0) is 17.6. The van der Waals surface area contributed by atoms with E-state index in [1.165, 1.54) is 6.07 Å². The number of nitrogens with one attached hydrogen (secondary N) is 1. The van der Waals surface area contributed by atoms with Crippen molar-refractivity contribution in [1.82, 2.24) is 10.2 Å². The van der Waals surface area contributed by atoms with Crippen LogP contribution in [-0.4, -0.2) is 56.3 Å². The fraction of sp³-hybridized carbons (Fsp3) is 0.444. The second-order valence-electron chi connectivity index (χ2n) is 5.96. The molecule has 1 aliphatic heterocycles. The van der Waals surface area contributed by atoms with Gasteiger partial charge in [0.1, 0.15) is 11.3 Å². The highest BCUT2D eigenvalue weighted by molar-refractivity contribution is 5.81. The van der Waals surface area contributed by atoms with Crippen molar-refractivity contribution in [1.29, 1.82) is 0 Å². The third-order valence-electron chi connectivity index (χ3n) is 4.11. The molecule has 7 heteroatoms. The molecule has 0 unspecified atom stereocenters. The van der Waals surface area contributed by atoms with E-state index >= 15 is 0 Å². The summed E-state index contributed by atoms with van der Waals surface area (Å²) in [6, 6.07) is 8.21. The molecule has 1 fully saturated rings. The van der Waals surface area contributed by atoms with Crippen LogP contribution in [-0.2, 0) is 9.53 Å². The van der Waals surface area contributed by atoms with E-state index in [4.69, 9.17) is 13.9 Å². The molecule has 0 bridgehead atoms. The molecule has 0 spiro atoms. The minimum absolute atomic E-state index is 0.178. The Morgan fingerprint density at radius 1 is 1.28 bits per heavy atom. The first-order chi connectivity index (χ1) is 12.1. The number of ether oxygens (including phenoxy) is 2. The summed E-state index contributed by atoms with van der Waals surface area (Å²) in [7, 11) is 0. The van der Waals surface area contributed by atoms with Gasteiger partial charge in [-0.1, -0.05) is 0 Å². The molecule has 2 aromatic rings. The summed E-state index contributed by atoms with van der Waals surface area (Å²) < 4.78 is 16.1. The molecule has 2 heterocycles. The minimum Gasteiger partial charge on any atom is -0.481 e. The minimum atomic E-state index is -0.641. The van der Waals surface area contributed by atoms with Gasteiger partial charge in [0, 0.05) is 43.7 Å². The Hall–Kier alpha value is -2.38. The monoisotopic (exact) mass is 346 g/mol. The van der Waals surface area contributed by atoms with Crippen molar-refractivity contribution in [2.75, 3.05) is 39.4 Å².